The SMILES string of the molecule is O=C(O)[C@@H]1C[C@H](O)CN1C(=O)c1ccccc1[N+](=O)[O-]. The summed E-state index contributed by atoms with van der Waals surface area (Å²) in [6, 6.07) is 4.15. The van der Waals surface area contributed by atoms with Crippen LogP contribution in [0, 0.1) is 10.1 Å². The van der Waals surface area contributed by atoms with Crippen LogP contribution in [0.5, 0.6) is 0 Å². The van der Waals surface area contributed by atoms with Gasteiger partial charge < -0.3 is 15.1 Å². The lowest BCUT2D eigenvalue weighted by molar-refractivity contribution is -0.385. The topological polar surface area (TPSA) is 121 Å². The van der Waals surface area contributed by atoms with Crippen LogP contribution < -0.4 is 0 Å². The summed E-state index contributed by atoms with van der Waals surface area (Å²) < 4.78 is 0. The second-order valence-corrected chi connectivity index (χ2v) is 4.48. The molecular weight excluding hydrogens is 268 g/mol. The average Bonchev–Trinajstić information content (AvgIpc) is 2.80. The molecule has 0 saturated carbocycles. The molecule has 1 aliphatic heterocycles. The van der Waals surface area contributed by atoms with E-state index in [0.717, 1.165) is 4.90 Å². The van der Waals surface area contributed by atoms with E-state index in [0.29, 0.717) is 0 Å². The number of nitro benzene ring substituents is 1. The third-order valence-corrected chi connectivity index (χ3v) is 3.16. The summed E-state index contributed by atoms with van der Waals surface area (Å²) in [4.78, 5) is 34.5. The lowest BCUT2D eigenvalue weighted by atomic mass is 10.1. The van der Waals surface area contributed by atoms with Crippen LogP contribution in [-0.4, -0.2) is 50.6 Å². The highest BCUT2D eigenvalue weighted by Crippen LogP contribution is 2.25. The number of hydrogen-bond acceptors (Lipinski definition) is 5. The molecule has 1 aliphatic rings. The Bertz CT molecular complexity index is 573. The quantitative estimate of drug-likeness (QED) is 0.605. The molecule has 2 rings (SSSR count). The molecule has 20 heavy (non-hydrogen) atoms. The maximum absolute atomic E-state index is 12.3. The Morgan fingerprint density at radius 1 is 1.35 bits per heavy atom. The van der Waals surface area contributed by atoms with Crippen molar-refractivity contribution >= 4 is 17.6 Å². The fraction of sp³-hybridized carbons (Fsp3) is 0.333. The largest absolute Gasteiger partial charge is 0.480 e. The van der Waals surface area contributed by atoms with Crippen LogP contribution >= 0.6 is 0 Å². The number of aliphatic carboxylic acids is 1. The first-order valence-corrected chi connectivity index (χ1v) is 5.87. The van der Waals surface area contributed by atoms with Gasteiger partial charge in [-0.1, -0.05) is 12.1 Å². The van der Waals surface area contributed by atoms with Crippen molar-refractivity contribution in [2.45, 2.75) is 18.6 Å². The van der Waals surface area contributed by atoms with Crippen LogP contribution in [0.1, 0.15) is 16.8 Å². The zero-order chi connectivity index (χ0) is 14.9. The molecular formula is C12H12N2O6. The number of para-hydroxylation sites is 1. The standard InChI is InChI=1S/C12H12N2O6/c15-7-5-10(12(17)18)13(6-7)11(16)8-3-1-2-4-9(8)14(19)20/h1-4,7,10,15H,5-6H2,(H,17,18)/t7-,10-/m0/s1. The number of hydrogen-bond donors (Lipinski definition) is 2. The van der Waals surface area contributed by atoms with E-state index in [4.69, 9.17) is 5.11 Å². The van der Waals surface area contributed by atoms with Crippen molar-refractivity contribution in [3.8, 4) is 0 Å². The Balaban J connectivity index is 2.36. The molecule has 0 bridgehead atoms. The summed E-state index contributed by atoms with van der Waals surface area (Å²) >= 11 is 0. The number of aliphatic hydroxyl groups excluding tert-OH is 1. The van der Waals surface area contributed by atoms with Crippen LogP contribution in [0.25, 0.3) is 0 Å². The molecule has 0 radical (unpaired) electrons. The molecule has 1 heterocycles. The molecule has 0 unspecified atom stereocenters. The molecule has 0 aromatic heterocycles. The van der Waals surface area contributed by atoms with Crippen LogP contribution in [0.15, 0.2) is 24.3 Å². The van der Waals surface area contributed by atoms with E-state index in [9.17, 15) is 24.8 Å². The van der Waals surface area contributed by atoms with Gasteiger partial charge in [-0.2, -0.15) is 0 Å². The molecule has 8 heteroatoms. The fourth-order valence-corrected chi connectivity index (χ4v) is 2.24. The van der Waals surface area contributed by atoms with Gasteiger partial charge in [-0.15, -0.1) is 0 Å². The van der Waals surface area contributed by atoms with Gasteiger partial charge in [0.2, 0.25) is 0 Å². The summed E-state index contributed by atoms with van der Waals surface area (Å²) in [7, 11) is 0. The predicted molar refractivity (Wildman–Crippen MR) is 66.2 cm³/mol. The first kappa shape index (κ1) is 13.9. The number of likely N-dealkylation sites (tertiary alicyclic amines) is 1. The van der Waals surface area contributed by atoms with E-state index >= 15 is 0 Å². The number of carboxylic acids is 1. The first-order chi connectivity index (χ1) is 9.41. The zero-order valence-corrected chi connectivity index (χ0v) is 10.3. The summed E-state index contributed by atoms with van der Waals surface area (Å²) in [5.41, 5.74) is -0.569. The van der Waals surface area contributed by atoms with Crippen LogP contribution in [0.2, 0.25) is 0 Å². The van der Waals surface area contributed by atoms with Crippen LogP contribution in [-0.2, 0) is 4.79 Å². The van der Waals surface area contributed by atoms with Gasteiger partial charge in [-0.3, -0.25) is 14.9 Å². The van der Waals surface area contributed by atoms with Crippen LogP contribution in [0.3, 0.4) is 0 Å². The predicted octanol–water partition coefficient (Wildman–Crippen LogP) is 0.255. The molecule has 106 valence electrons. The number of nitro groups is 1. The lowest BCUT2D eigenvalue weighted by Crippen LogP contribution is -2.40. The average molecular weight is 280 g/mol. The highest BCUT2D eigenvalue weighted by Gasteiger charge is 2.40. The zero-order valence-electron chi connectivity index (χ0n) is 10.3. The molecule has 1 fully saturated rings. The summed E-state index contributed by atoms with van der Waals surface area (Å²) in [6.07, 6.45) is -1.02. The van der Waals surface area contributed by atoms with E-state index in [2.05, 4.69) is 0 Å². The number of amides is 1. The minimum absolute atomic E-state index is 0.0816. The Labute approximate surface area is 113 Å². The minimum atomic E-state index is -1.24. The van der Waals surface area contributed by atoms with Gasteiger partial charge >= 0.3 is 5.97 Å². The first-order valence-electron chi connectivity index (χ1n) is 5.87. The number of nitrogens with zero attached hydrogens (tertiary/aromatic N) is 2. The number of rotatable bonds is 3. The molecule has 0 aliphatic carbocycles. The Morgan fingerprint density at radius 3 is 2.60 bits per heavy atom. The Morgan fingerprint density at radius 2 is 2.00 bits per heavy atom. The van der Waals surface area contributed by atoms with Crippen molar-refractivity contribution in [1.82, 2.24) is 4.90 Å². The molecule has 1 saturated heterocycles. The number of aliphatic hydroxyl groups is 1. The van der Waals surface area contributed by atoms with Gasteiger partial charge in [0.25, 0.3) is 11.6 Å². The summed E-state index contributed by atoms with van der Waals surface area (Å²) in [5.74, 6) is -2.00. The van der Waals surface area contributed by atoms with E-state index < -0.39 is 28.9 Å². The lowest BCUT2D eigenvalue weighted by Gasteiger charge is -2.20. The van der Waals surface area contributed by atoms with Crippen molar-refractivity contribution < 1.29 is 24.7 Å². The number of carbonyl (C=O) groups is 2. The van der Waals surface area contributed by atoms with Gasteiger partial charge in [-0.25, -0.2) is 4.79 Å². The van der Waals surface area contributed by atoms with E-state index in [1.54, 1.807) is 0 Å². The van der Waals surface area contributed by atoms with E-state index in [1.807, 2.05) is 0 Å². The van der Waals surface area contributed by atoms with Crippen molar-refractivity contribution in [1.29, 1.82) is 0 Å². The van der Waals surface area contributed by atoms with E-state index in [-0.39, 0.29) is 24.2 Å². The van der Waals surface area contributed by atoms with Crippen molar-refractivity contribution in [3.05, 3.63) is 39.9 Å². The molecule has 8 nitrogen and oxygen atoms in total. The normalized spacial score (nSPS) is 21.8. The number of benzene rings is 1. The van der Waals surface area contributed by atoms with Crippen molar-refractivity contribution in [2.75, 3.05) is 6.54 Å². The second-order valence-electron chi connectivity index (χ2n) is 4.48. The smallest absolute Gasteiger partial charge is 0.326 e. The van der Waals surface area contributed by atoms with Crippen LogP contribution in [0.4, 0.5) is 5.69 Å². The number of carboxylic acid groups (broad SMARTS) is 1. The van der Waals surface area contributed by atoms with Gasteiger partial charge in [-0.05, 0) is 6.07 Å². The van der Waals surface area contributed by atoms with Gasteiger partial charge in [0.15, 0.2) is 0 Å². The summed E-state index contributed by atoms with van der Waals surface area (Å²) in [5, 5.41) is 29.4. The monoisotopic (exact) mass is 280 g/mol. The third-order valence-electron chi connectivity index (χ3n) is 3.16. The highest BCUT2D eigenvalue weighted by molar-refractivity contribution is 6.00. The fourth-order valence-electron chi connectivity index (χ4n) is 2.24. The Kier molecular flexibility index (Phi) is 3.66. The minimum Gasteiger partial charge on any atom is -0.480 e. The molecule has 1 aromatic rings. The van der Waals surface area contributed by atoms with E-state index in [1.165, 1.54) is 24.3 Å². The highest BCUT2D eigenvalue weighted by atomic mass is 16.6. The van der Waals surface area contributed by atoms with Gasteiger partial charge in [0.1, 0.15) is 11.6 Å². The molecule has 1 aromatic carbocycles. The van der Waals surface area contributed by atoms with Crippen molar-refractivity contribution in [3.63, 3.8) is 0 Å². The molecule has 1 amide bonds. The Hall–Kier alpha value is -2.48. The van der Waals surface area contributed by atoms with Crippen molar-refractivity contribution in [2.24, 2.45) is 0 Å². The molecule has 0 spiro atoms. The summed E-state index contributed by atoms with van der Waals surface area (Å²) in [6.45, 7) is -0.151. The second kappa shape index (κ2) is 5.25. The maximum atomic E-state index is 12.3. The number of carbonyl (C=O) groups excluding carboxylic acids is 1. The molecule has 2 N–H and O–H groups in total. The van der Waals surface area contributed by atoms with Gasteiger partial charge in [0.05, 0.1) is 11.0 Å². The maximum Gasteiger partial charge on any atom is 0.326 e. The molecule has 2 atom stereocenters. The van der Waals surface area contributed by atoms with Gasteiger partial charge in [0, 0.05) is 19.0 Å². The third kappa shape index (κ3) is 2.45. The number of β-amino-alcohol motifs (C(OH)–C–C–N with tert-alkyl or cyclic N) is 1.